The molecule has 0 heterocycles. The normalized spacial score (nSPS) is 17.1. The van der Waals surface area contributed by atoms with E-state index in [1.54, 1.807) is 0 Å². The monoisotopic (exact) mass is 233 g/mol. The van der Waals surface area contributed by atoms with Crippen molar-refractivity contribution < 1.29 is 9.90 Å². The second-order valence-electron chi connectivity index (χ2n) is 4.91. The zero-order chi connectivity index (χ0) is 12.3. The van der Waals surface area contributed by atoms with Gasteiger partial charge in [-0.25, -0.2) is 0 Å². The molecule has 1 fully saturated rings. The Labute approximate surface area is 102 Å². The fourth-order valence-corrected chi connectivity index (χ4v) is 2.20. The van der Waals surface area contributed by atoms with Gasteiger partial charge in [0.25, 0.3) is 0 Å². The summed E-state index contributed by atoms with van der Waals surface area (Å²) in [5.74, 6) is 0.0431. The van der Waals surface area contributed by atoms with Gasteiger partial charge in [0.05, 0.1) is 6.42 Å². The van der Waals surface area contributed by atoms with Gasteiger partial charge in [0, 0.05) is 12.6 Å². The van der Waals surface area contributed by atoms with Gasteiger partial charge >= 0.3 is 5.97 Å². The Kier molecular flexibility index (Phi) is 3.79. The molecule has 1 atom stereocenters. The first-order valence-electron chi connectivity index (χ1n) is 6.14. The molecule has 1 unspecified atom stereocenters. The van der Waals surface area contributed by atoms with Gasteiger partial charge in [0.1, 0.15) is 0 Å². The van der Waals surface area contributed by atoms with Crippen molar-refractivity contribution in [2.45, 2.75) is 25.3 Å². The van der Waals surface area contributed by atoms with Gasteiger partial charge in [-0.05, 0) is 31.4 Å². The summed E-state index contributed by atoms with van der Waals surface area (Å²) in [5, 5.41) is 9.02. The largest absolute Gasteiger partial charge is 0.481 e. The predicted molar refractivity (Wildman–Crippen MR) is 66.8 cm³/mol. The van der Waals surface area contributed by atoms with E-state index in [1.165, 1.54) is 12.8 Å². The number of hydrogen-bond donors (Lipinski definition) is 1. The quantitative estimate of drug-likeness (QED) is 0.821. The van der Waals surface area contributed by atoms with Crippen LogP contribution in [-0.2, 0) is 4.79 Å². The van der Waals surface area contributed by atoms with Gasteiger partial charge in [-0.2, -0.15) is 0 Å². The maximum Gasteiger partial charge on any atom is 0.305 e. The lowest BCUT2D eigenvalue weighted by Crippen LogP contribution is -2.28. The van der Waals surface area contributed by atoms with Crippen molar-refractivity contribution >= 4 is 5.97 Å². The van der Waals surface area contributed by atoms with Crippen LogP contribution >= 0.6 is 0 Å². The van der Waals surface area contributed by atoms with Crippen LogP contribution in [0, 0.1) is 5.92 Å². The van der Waals surface area contributed by atoms with Crippen molar-refractivity contribution in [1.29, 1.82) is 0 Å². The first-order chi connectivity index (χ1) is 8.16. The van der Waals surface area contributed by atoms with Crippen LogP contribution in [0.3, 0.4) is 0 Å². The Hall–Kier alpha value is -1.35. The van der Waals surface area contributed by atoms with Gasteiger partial charge < -0.3 is 5.11 Å². The third kappa shape index (κ3) is 3.56. The molecule has 92 valence electrons. The second-order valence-corrected chi connectivity index (χ2v) is 4.91. The Bertz CT molecular complexity index is 373. The molecule has 3 heteroatoms. The number of nitrogens with zero attached hydrogens (tertiary/aromatic N) is 1. The highest BCUT2D eigenvalue weighted by atomic mass is 16.4. The molecule has 3 nitrogen and oxygen atoms in total. The molecule has 1 aromatic carbocycles. The van der Waals surface area contributed by atoms with Crippen LogP contribution in [-0.4, -0.2) is 29.6 Å². The van der Waals surface area contributed by atoms with Crippen LogP contribution in [0.4, 0.5) is 0 Å². The summed E-state index contributed by atoms with van der Waals surface area (Å²) in [6.07, 6.45) is 2.76. The topological polar surface area (TPSA) is 40.5 Å². The lowest BCUT2D eigenvalue weighted by Gasteiger charge is -2.27. The van der Waals surface area contributed by atoms with Crippen LogP contribution in [0.25, 0.3) is 0 Å². The third-order valence-corrected chi connectivity index (χ3v) is 3.33. The van der Waals surface area contributed by atoms with Crippen molar-refractivity contribution in [2.24, 2.45) is 5.92 Å². The number of aliphatic carboxylic acids is 1. The number of rotatable bonds is 6. The minimum Gasteiger partial charge on any atom is -0.481 e. The summed E-state index contributed by atoms with van der Waals surface area (Å²) in [5.41, 5.74) is 1.10. The number of benzene rings is 1. The third-order valence-electron chi connectivity index (χ3n) is 3.33. The summed E-state index contributed by atoms with van der Waals surface area (Å²) in [7, 11) is 2.03. The van der Waals surface area contributed by atoms with Crippen molar-refractivity contribution in [1.82, 2.24) is 4.90 Å². The molecule has 1 N–H and O–H groups in total. The molecule has 0 radical (unpaired) electrons. The number of carboxylic acids is 1. The highest BCUT2D eigenvalue weighted by Gasteiger charge is 2.27. The Morgan fingerprint density at radius 2 is 2.06 bits per heavy atom. The van der Waals surface area contributed by atoms with E-state index in [0.717, 1.165) is 18.0 Å². The van der Waals surface area contributed by atoms with E-state index in [1.807, 2.05) is 37.4 Å². The smallest absolute Gasteiger partial charge is 0.305 e. The van der Waals surface area contributed by atoms with E-state index in [0.29, 0.717) is 0 Å². The predicted octanol–water partition coefficient (Wildman–Crippen LogP) is 2.54. The van der Waals surface area contributed by atoms with Crippen molar-refractivity contribution in [3.8, 4) is 0 Å². The SMILES string of the molecule is CN(CC1CC1)C(CC(=O)O)c1ccccc1. The van der Waals surface area contributed by atoms with Gasteiger partial charge in [0.2, 0.25) is 0 Å². The maximum absolute atomic E-state index is 11.0. The Morgan fingerprint density at radius 1 is 1.41 bits per heavy atom. The van der Waals surface area contributed by atoms with E-state index >= 15 is 0 Å². The molecule has 0 saturated heterocycles. The lowest BCUT2D eigenvalue weighted by molar-refractivity contribution is -0.138. The fraction of sp³-hybridized carbons (Fsp3) is 0.500. The molecule has 1 saturated carbocycles. The average Bonchev–Trinajstić information content (AvgIpc) is 3.10. The van der Waals surface area contributed by atoms with E-state index in [2.05, 4.69) is 4.90 Å². The standard InChI is InChI=1S/C14H19NO2/c1-15(10-11-7-8-11)13(9-14(16)17)12-5-3-2-4-6-12/h2-6,11,13H,7-10H2,1H3,(H,16,17). The van der Waals surface area contributed by atoms with Crippen molar-refractivity contribution in [3.05, 3.63) is 35.9 Å². The molecule has 1 aromatic rings. The minimum atomic E-state index is -0.735. The molecule has 2 rings (SSSR count). The van der Waals surface area contributed by atoms with Gasteiger partial charge in [-0.1, -0.05) is 30.3 Å². The fourth-order valence-electron chi connectivity index (χ4n) is 2.20. The highest BCUT2D eigenvalue weighted by molar-refractivity contribution is 5.67. The zero-order valence-corrected chi connectivity index (χ0v) is 10.2. The number of carbonyl (C=O) groups is 1. The van der Waals surface area contributed by atoms with Crippen LogP contribution in [0.15, 0.2) is 30.3 Å². The van der Waals surface area contributed by atoms with Crippen LogP contribution < -0.4 is 0 Å². The first-order valence-corrected chi connectivity index (χ1v) is 6.14. The van der Waals surface area contributed by atoms with E-state index in [9.17, 15) is 4.79 Å². The van der Waals surface area contributed by atoms with Crippen LogP contribution in [0.5, 0.6) is 0 Å². The molecule has 17 heavy (non-hydrogen) atoms. The van der Waals surface area contributed by atoms with Crippen molar-refractivity contribution in [2.75, 3.05) is 13.6 Å². The number of carboxylic acid groups (broad SMARTS) is 1. The summed E-state index contributed by atoms with van der Waals surface area (Å²) in [4.78, 5) is 13.1. The van der Waals surface area contributed by atoms with Gasteiger partial charge in [0.15, 0.2) is 0 Å². The van der Waals surface area contributed by atoms with E-state index in [-0.39, 0.29) is 12.5 Å². The maximum atomic E-state index is 11.0. The lowest BCUT2D eigenvalue weighted by atomic mass is 10.0. The molecule has 0 aromatic heterocycles. The second kappa shape index (κ2) is 5.32. The molecular formula is C14H19NO2. The summed E-state index contributed by atoms with van der Waals surface area (Å²) < 4.78 is 0. The zero-order valence-electron chi connectivity index (χ0n) is 10.2. The average molecular weight is 233 g/mol. The van der Waals surface area contributed by atoms with Crippen molar-refractivity contribution in [3.63, 3.8) is 0 Å². The Morgan fingerprint density at radius 3 is 2.59 bits per heavy atom. The molecule has 1 aliphatic rings. The highest BCUT2D eigenvalue weighted by Crippen LogP contribution is 2.33. The van der Waals surface area contributed by atoms with Gasteiger partial charge in [-0.15, -0.1) is 0 Å². The molecule has 0 bridgehead atoms. The molecule has 0 amide bonds. The first kappa shape index (κ1) is 12.1. The summed E-state index contributed by atoms with van der Waals surface area (Å²) in [6, 6.07) is 9.91. The van der Waals surface area contributed by atoms with Crippen LogP contribution in [0.2, 0.25) is 0 Å². The minimum absolute atomic E-state index is 0.00528. The van der Waals surface area contributed by atoms with E-state index in [4.69, 9.17) is 5.11 Å². The number of hydrogen-bond acceptors (Lipinski definition) is 2. The Balaban J connectivity index is 2.08. The summed E-state index contributed by atoms with van der Waals surface area (Å²) >= 11 is 0. The van der Waals surface area contributed by atoms with Gasteiger partial charge in [-0.3, -0.25) is 9.69 Å². The molecule has 0 aliphatic heterocycles. The molecular weight excluding hydrogens is 214 g/mol. The molecule has 1 aliphatic carbocycles. The van der Waals surface area contributed by atoms with Crippen LogP contribution in [0.1, 0.15) is 30.9 Å². The van der Waals surface area contributed by atoms with E-state index < -0.39 is 5.97 Å². The molecule has 0 spiro atoms. The summed E-state index contributed by atoms with van der Waals surface area (Å²) in [6.45, 7) is 1.01.